The molecule has 0 radical (unpaired) electrons. The van der Waals surface area contributed by atoms with Gasteiger partial charge in [-0.25, -0.2) is 23.1 Å². The summed E-state index contributed by atoms with van der Waals surface area (Å²) < 4.78 is 26.2. The first-order valence-electron chi connectivity index (χ1n) is 5.13. The number of rotatable bonds is 5. The summed E-state index contributed by atoms with van der Waals surface area (Å²) in [5, 5.41) is 6.32. The van der Waals surface area contributed by atoms with Crippen molar-refractivity contribution in [1.82, 2.24) is 24.9 Å². The molecule has 0 atom stereocenters. The van der Waals surface area contributed by atoms with Crippen LogP contribution in [0.2, 0.25) is 0 Å². The van der Waals surface area contributed by atoms with Crippen molar-refractivity contribution in [3.05, 3.63) is 30.5 Å². The number of nitrogens with one attached hydrogen (secondary N) is 2. The quantitative estimate of drug-likeness (QED) is 0.658. The van der Waals surface area contributed by atoms with Crippen molar-refractivity contribution in [2.24, 2.45) is 0 Å². The summed E-state index contributed by atoms with van der Waals surface area (Å²) >= 11 is 0. The third-order valence-electron chi connectivity index (χ3n) is 2.18. The molecule has 0 aliphatic rings. The van der Waals surface area contributed by atoms with E-state index in [1.807, 2.05) is 0 Å². The highest BCUT2D eigenvalue weighted by molar-refractivity contribution is 7.89. The Labute approximate surface area is 104 Å². The lowest BCUT2D eigenvalue weighted by Gasteiger charge is -2.05. The van der Waals surface area contributed by atoms with Crippen LogP contribution in [0.1, 0.15) is 5.82 Å². The largest absolute Gasteiger partial charge is 0.384 e. The SMILES string of the molecule is Nc1cc(S(=O)(=O)NCCc2ncn[nH]2)ccn1. The van der Waals surface area contributed by atoms with Crippen molar-refractivity contribution in [3.8, 4) is 0 Å². The van der Waals surface area contributed by atoms with Crippen LogP contribution in [0.5, 0.6) is 0 Å². The fraction of sp³-hybridized carbons (Fsp3) is 0.222. The summed E-state index contributed by atoms with van der Waals surface area (Å²) in [6.07, 6.45) is 3.15. The smallest absolute Gasteiger partial charge is 0.240 e. The maximum absolute atomic E-state index is 11.9. The topological polar surface area (TPSA) is 127 Å². The molecule has 0 aliphatic heterocycles. The van der Waals surface area contributed by atoms with Crippen LogP contribution in [0.15, 0.2) is 29.6 Å². The average molecular weight is 268 g/mol. The third-order valence-corrected chi connectivity index (χ3v) is 3.64. The molecular weight excluding hydrogens is 256 g/mol. The number of hydrogen-bond acceptors (Lipinski definition) is 6. The van der Waals surface area contributed by atoms with Crippen LogP contribution in [0, 0.1) is 0 Å². The number of aromatic amines is 1. The normalized spacial score (nSPS) is 11.6. The molecule has 0 amide bonds. The van der Waals surface area contributed by atoms with Crippen molar-refractivity contribution in [2.45, 2.75) is 11.3 Å². The van der Waals surface area contributed by atoms with Gasteiger partial charge in [0, 0.05) is 25.2 Å². The highest BCUT2D eigenvalue weighted by Gasteiger charge is 2.13. The van der Waals surface area contributed by atoms with E-state index in [4.69, 9.17) is 5.73 Å². The maximum Gasteiger partial charge on any atom is 0.240 e. The minimum absolute atomic E-state index is 0.0903. The summed E-state index contributed by atoms with van der Waals surface area (Å²) in [5.41, 5.74) is 5.43. The van der Waals surface area contributed by atoms with Gasteiger partial charge in [-0.2, -0.15) is 5.10 Å². The first-order chi connectivity index (χ1) is 8.58. The average Bonchev–Trinajstić information content (AvgIpc) is 2.82. The second kappa shape index (κ2) is 5.10. The van der Waals surface area contributed by atoms with Crippen LogP contribution in [-0.4, -0.2) is 35.1 Å². The first kappa shape index (κ1) is 12.5. The van der Waals surface area contributed by atoms with E-state index in [-0.39, 0.29) is 17.3 Å². The number of H-pyrrole nitrogens is 1. The molecule has 2 aromatic rings. The van der Waals surface area contributed by atoms with E-state index in [0.29, 0.717) is 12.2 Å². The molecule has 0 bridgehead atoms. The number of anilines is 1. The number of aromatic nitrogens is 4. The van der Waals surface area contributed by atoms with Gasteiger partial charge in [-0.3, -0.25) is 5.10 Å². The Bertz CT molecular complexity index is 610. The Morgan fingerprint density at radius 3 is 2.89 bits per heavy atom. The van der Waals surface area contributed by atoms with E-state index >= 15 is 0 Å². The molecule has 0 aromatic carbocycles. The minimum atomic E-state index is -3.57. The molecule has 2 heterocycles. The molecule has 0 saturated carbocycles. The van der Waals surface area contributed by atoms with Crippen molar-refractivity contribution in [1.29, 1.82) is 0 Å². The monoisotopic (exact) mass is 268 g/mol. The molecule has 18 heavy (non-hydrogen) atoms. The van der Waals surface area contributed by atoms with Gasteiger partial charge in [-0.1, -0.05) is 0 Å². The van der Waals surface area contributed by atoms with E-state index in [1.54, 1.807) is 0 Å². The summed E-state index contributed by atoms with van der Waals surface area (Å²) in [7, 11) is -3.57. The number of sulfonamides is 1. The summed E-state index contributed by atoms with van der Waals surface area (Å²) in [4.78, 5) is 7.72. The Morgan fingerprint density at radius 2 is 2.22 bits per heavy atom. The molecule has 8 nitrogen and oxygen atoms in total. The van der Waals surface area contributed by atoms with Gasteiger partial charge in [0.1, 0.15) is 18.0 Å². The zero-order valence-corrected chi connectivity index (χ0v) is 10.2. The highest BCUT2D eigenvalue weighted by Crippen LogP contribution is 2.09. The molecule has 0 aliphatic carbocycles. The molecule has 0 unspecified atom stereocenters. The van der Waals surface area contributed by atoms with E-state index in [0.717, 1.165) is 0 Å². The Hall–Kier alpha value is -2.00. The van der Waals surface area contributed by atoms with Gasteiger partial charge in [0.2, 0.25) is 10.0 Å². The Balaban J connectivity index is 1.99. The number of nitrogens with zero attached hydrogens (tertiary/aromatic N) is 3. The van der Waals surface area contributed by atoms with E-state index < -0.39 is 10.0 Å². The van der Waals surface area contributed by atoms with E-state index in [2.05, 4.69) is 24.9 Å². The summed E-state index contributed by atoms with van der Waals surface area (Å²) in [6, 6.07) is 2.68. The van der Waals surface area contributed by atoms with Crippen LogP contribution in [0.4, 0.5) is 5.82 Å². The molecule has 4 N–H and O–H groups in total. The van der Waals surface area contributed by atoms with Gasteiger partial charge < -0.3 is 5.73 Å². The Kier molecular flexibility index (Phi) is 3.53. The zero-order chi connectivity index (χ0) is 13.0. The molecule has 0 saturated heterocycles. The van der Waals surface area contributed by atoms with Crippen molar-refractivity contribution < 1.29 is 8.42 Å². The number of nitrogen functional groups attached to an aromatic ring is 1. The molecule has 0 fully saturated rings. The van der Waals surface area contributed by atoms with Crippen LogP contribution in [0.25, 0.3) is 0 Å². The Morgan fingerprint density at radius 1 is 1.39 bits per heavy atom. The van der Waals surface area contributed by atoms with E-state index in [1.165, 1.54) is 24.7 Å². The molecule has 96 valence electrons. The minimum Gasteiger partial charge on any atom is -0.384 e. The van der Waals surface area contributed by atoms with Crippen LogP contribution in [0.3, 0.4) is 0 Å². The number of hydrogen-bond donors (Lipinski definition) is 3. The molecule has 2 rings (SSSR count). The highest BCUT2D eigenvalue weighted by atomic mass is 32.2. The van der Waals surface area contributed by atoms with Gasteiger partial charge in [-0.05, 0) is 6.07 Å². The molecule has 0 spiro atoms. The number of pyridine rings is 1. The zero-order valence-electron chi connectivity index (χ0n) is 9.37. The lowest BCUT2D eigenvalue weighted by Crippen LogP contribution is -2.26. The van der Waals surface area contributed by atoms with Crippen LogP contribution < -0.4 is 10.5 Å². The van der Waals surface area contributed by atoms with Gasteiger partial charge in [0.15, 0.2) is 0 Å². The lowest BCUT2D eigenvalue weighted by molar-refractivity contribution is 0.581. The predicted molar refractivity (Wildman–Crippen MR) is 63.9 cm³/mol. The van der Waals surface area contributed by atoms with Gasteiger partial charge >= 0.3 is 0 Å². The molecule has 2 aromatic heterocycles. The predicted octanol–water partition coefficient (Wildman–Crippen LogP) is -0.697. The fourth-order valence-corrected chi connectivity index (χ4v) is 2.39. The second-order valence-electron chi connectivity index (χ2n) is 3.50. The van der Waals surface area contributed by atoms with Gasteiger partial charge in [0.25, 0.3) is 0 Å². The van der Waals surface area contributed by atoms with Crippen LogP contribution in [-0.2, 0) is 16.4 Å². The fourth-order valence-electron chi connectivity index (χ4n) is 1.33. The lowest BCUT2D eigenvalue weighted by atomic mass is 10.4. The van der Waals surface area contributed by atoms with Gasteiger partial charge in [-0.15, -0.1) is 0 Å². The second-order valence-corrected chi connectivity index (χ2v) is 5.26. The van der Waals surface area contributed by atoms with Crippen molar-refractivity contribution in [2.75, 3.05) is 12.3 Å². The number of nitrogens with two attached hydrogens (primary N) is 1. The summed E-state index contributed by atoms with van der Waals surface area (Å²) in [6.45, 7) is 0.222. The van der Waals surface area contributed by atoms with Crippen LogP contribution >= 0.6 is 0 Å². The third kappa shape index (κ3) is 3.02. The standard InChI is InChI=1S/C9H12N6O2S/c10-8-5-7(1-3-11-8)18(16,17)14-4-2-9-12-6-13-15-9/h1,3,5-6,14H,2,4H2,(H2,10,11)(H,12,13,15). The van der Waals surface area contributed by atoms with E-state index in [9.17, 15) is 8.42 Å². The molecular formula is C9H12N6O2S. The van der Waals surface area contributed by atoms with Gasteiger partial charge in [0.05, 0.1) is 4.90 Å². The van der Waals surface area contributed by atoms with Crippen molar-refractivity contribution >= 4 is 15.8 Å². The summed E-state index contributed by atoms with van der Waals surface area (Å²) in [5.74, 6) is 0.778. The first-order valence-corrected chi connectivity index (χ1v) is 6.62. The molecule has 9 heteroatoms. The van der Waals surface area contributed by atoms with Crippen molar-refractivity contribution in [3.63, 3.8) is 0 Å². The maximum atomic E-state index is 11.9.